The van der Waals surface area contributed by atoms with Gasteiger partial charge in [-0.05, 0) is 42.3 Å². The molecule has 1 saturated heterocycles. The Kier molecular flexibility index (Phi) is 7.26. The fraction of sp³-hybridized carbons (Fsp3) is 0.333. The number of sulfonamides is 1. The van der Waals surface area contributed by atoms with Gasteiger partial charge >= 0.3 is 0 Å². The van der Waals surface area contributed by atoms with Crippen LogP contribution in [0.4, 0.5) is 5.69 Å². The summed E-state index contributed by atoms with van der Waals surface area (Å²) in [4.78, 5) is 24.1. The van der Waals surface area contributed by atoms with Crippen LogP contribution in [-0.4, -0.2) is 58.0 Å². The topological polar surface area (TPSA) is 128 Å². The number of para-hydroxylation sites is 1. The Bertz CT molecular complexity index is 1060. The van der Waals surface area contributed by atoms with Gasteiger partial charge in [0.25, 0.3) is 5.91 Å². The van der Waals surface area contributed by atoms with Crippen LogP contribution in [-0.2, 0) is 26.0 Å². The highest BCUT2D eigenvalue weighted by Crippen LogP contribution is 2.26. The minimum absolute atomic E-state index is 0.0600. The van der Waals surface area contributed by atoms with E-state index in [4.69, 9.17) is 15.2 Å². The second kappa shape index (κ2) is 9.90. The van der Waals surface area contributed by atoms with Gasteiger partial charge in [0.05, 0.1) is 36.5 Å². The van der Waals surface area contributed by atoms with E-state index in [9.17, 15) is 18.0 Å². The van der Waals surface area contributed by atoms with Crippen LogP contribution in [0.2, 0.25) is 0 Å². The third kappa shape index (κ3) is 5.40. The summed E-state index contributed by atoms with van der Waals surface area (Å²) in [5.41, 5.74) is 6.47. The van der Waals surface area contributed by atoms with Crippen molar-refractivity contribution in [1.82, 2.24) is 4.31 Å². The Balaban J connectivity index is 1.74. The van der Waals surface area contributed by atoms with E-state index in [0.29, 0.717) is 43.3 Å². The van der Waals surface area contributed by atoms with Crippen LogP contribution in [0.15, 0.2) is 47.4 Å². The van der Waals surface area contributed by atoms with Crippen molar-refractivity contribution in [2.45, 2.75) is 17.7 Å². The van der Waals surface area contributed by atoms with Gasteiger partial charge in [0.15, 0.2) is 0 Å². The molecule has 166 valence electrons. The van der Waals surface area contributed by atoms with Gasteiger partial charge in [-0.25, -0.2) is 8.42 Å². The molecule has 0 saturated carbocycles. The van der Waals surface area contributed by atoms with Crippen LogP contribution in [0.25, 0.3) is 0 Å². The van der Waals surface area contributed by atoms with Crippen molar-refractivity contribution in [1.29, 1.82) is 0 Å². The molecule has 1 heterocycles. The maximum atomic E-state index is 12.9. The molecule has 0 bridgehead atoms. The smallest absolute Gasteiger partial charge is 0.250 e. The van der Waals surface area contributed by atoms with E-state index in [1.807, 2.05) is 0 Å². The summed E-state index contributed by atoms with van der Waals surface area (Å²) >= 11 is 0. The van der Waals surface area contributed by atoms with E-state index in [0.717, 1.165) is 0 Å². The maximum absolute atomic E-state index is 12.9. The summed E-state index contributed by atoms with van der Waals surface area (Å²) in [5.74, 6) is -0.484. The lowest BCUT2D eigenvalue weighted by atomic mass is 10.1. The third-order valence-electron chi connectivity index (χ3n) is 4.95. The minimum Gasteiger partial charge on any atom is -0.496 e. The van der Waals surface area contributed by atoms with Crippen LogP contribution >= 0.6 is 0 Å². The zero-order valence-corrected chi connectivity index (χ0v) is 18.0. The highest BCUT2D eigenvalue weighted by atomic mass is 32.2. The zero-order chi connectivity index (χ0) is 22.4. The molecule has 0 radical (unpaired) electrons. The Morgan fingerprint density at radius 3 is 2.55 bits per heavy atom. The molecule has 31 heavy (non-hydrogen) atoms. The molecule has 0 spiro atoms. The standard InChI is InChI=1S/C21H25N3O6S/c1-29-19-8-7-16(31(27,28)24-10-12-30-13-11-24)14-15(19)6-9-20(25)23-18-5-3-2-4-17(18)21(22)26/h2-5,7-8,14H,6,9-13H2,1H3,(H2,22,26)(H,23,25). The van der Waals surface area contributed by atoms with Gasteiger partial charge in [0, 0.05) is 19.5 Å². The summed E-state index contributed by atoms with van der Waals surface area (Å²) in [6, 6.07) is 11.1. The molecule has 0 aromatic heterocycles. The molecule has 1 fully saturated rings. The lowest BCUT2D eigenvalue weighted by Crippen LogP contribution is -2.40. The van der Waals surface area contributed by atoms with Crippen LogP contribution in [0, 0.1) is 0 Å². The van der Waals surface area contributed by atoms with Crippen molar-refractivity contribution in [3.8, 4) is 5.75 Å². The number of nitrogens with one attached hydrogen (secondary N) is 1. The van der Waals surface area contributed by atoms with E-state index in [-0.39, 0.29) is 29.2 Å². The number of ether oxygens (including phenoxy) is 2. The fourth-order valence-electron chi connectivity index (χ4n) is 3.31. The number of anilines is 1. The molecule has 3 N–H and O–H groups in total. The minimum atomic E-state index is -3.67. The number of benzene rings is 2. The molecular weight excluding hydrogens is 422 g/mol. The number of methoxy groups -OCH3 is 1. The van der Waals surface area contributed by atoms with E-state index >= 15 is 0 Å². The van der Waals surface area contributed by atoms with Crippen LogP contribution in [0.5, 0.6) is 5.75 Å². The van der Waals surface area contributed by atoms with Crippen molar-refractivity contribution in [3.63, 3.8) is 0 Å². The van der Waals surface area contributed by atoms with Crippen molar-refractivity contribution in [2.75, 3.05) is 38.7 Å². The monoisotopic (exact) mass is 447 g/mol. The van der Waals surface area contributed by atoms with Crippen LogP contribution < -0.4 is 15.8 Å². The number of carbonyl (C=O) groups is 2. The van der Waals surface area contributed by atoms with Gasteiger partial charge in [-0.1, -0.05) is 12.1 Å². The average Bonchev–Trinajstić information content (AvgIpc) is 2.78. The van der Waals surface area contributed by atoms with Crippen LogP contribution in [0.1, 0.15) is 22.3 Å². The number of amides is 2. The summed E-state index contributed by atoms with van der Waals surface area (Å²) in [7, 11) is -2.18. The number of hydrogen-bond donors (Lipinski definition) is 2. The van der Waals surface area contributed by atoms with Gasteiger partial charge in [0.1, 0.15) is 5.75 Å². The first-order valence-corrected chi connectivity index (χ1v) is 11.2. The molecule has 0 atom stereocenters. The van der Waals surface area contributed by atoms with Gasteiger partial charge in [-0.15, -0.1) is 0 Å². The quantitative estimate of drug-likeness (QED) is 0.629. The van der Waals surface area contributed by atoms with Gasteiger partial charge < -0.3 is 20.5 Å². The van der Waals surface area contributed by atoms with Crippen molar-refractivity contribution >= 4 is 27.5 Å². The number of carbonyl (C=O) groups excluding carboxylic acids is 2. The lowest BCUT2D eigenvalue weighted by molar-refractivity contribution is -0.116. The molecule has 1 aliphatic heterocycles. The first-order valence-electron chi connectivity index (χ1n) is 9.76. The van der Waals surface area contributed by atoms with Crippen molar-refractivity contribution < 1.29 is 27.5 Å². The highest BCUT2D eigenvalue weighted by molar-refractivity contribution is 7.89. The zero-order valence-electron chi connectivity index (χ0n) is 17.2. The molecule has 0 aliphatic carbocycles. The molecular formula is C21H25N3O6S. The number of rotatable bonds is 8. The van der Waals surface area contributed by atoms with E-state index in [2.05, 4.69) is 5.32 Å². The van der Waals surface area contributed by atoms with E-state index in [1.54, 1.807) is 24.3 Å². The van der Waals surface area contributed by atoms with Crippen molar-refractivity contribution in [3.05, 3.63) is 53.6 Å². The molecule has 9 nitrogen and oxygen atoms in total. The van der Waals surface area contributed by atoms with E-state index < -0.39 is 15.9 Å². The first kappa shape index (κ1) is 22.7. The lowest BCUT2D eigenvalue weighted by Gasteiger charge is -2.26. The summed E-state index contributed by atoms with van der Waals surface area (Å²) < 4.78 is 37.8. The van der Waals surface area contributed by atoms with Gasteiger partial charge in [-0.2, -0.15) is 4.31 Å². The molecule has 3 rings (SSSR count). The molecule has 1 aliphatic rings. The molecule has 0 unspecified atom stereocenters. The summed E-state index contributed by atoms with van der Waals surface area (Å²) in [6.45, 7) is 1.31. The largest absolute Gasteiger partial charge is 0.496 e. The maximum Gasteiger partial charge on any atom is 0.250 e. The highest BCUT2D eigenvalue weighted by Gasteiger charge is 2.27. The Labute approximate surface area is 181 Å². The number of aryl methyl sites for hydroxylation is 1. The Morgan fingerprint density at radius 1 is 1.16 bits per heavy atom. The number of nitrogens with two attached hydrogens (primary N) is 1. The number of primary amides is 1. The molecule has 2 amide bonds. The second-order valence-electron chi connectivity index (χ2n) is 6.95. The Morgan fingerprint density at radius 2 is 1.87 bits per heavy atom. The summed E-state index contributed by atoms with van der Waals surface area (Å²) in [5, 5.41) is 2.68. The van der Waals surface area contributed by atoms with Crippen LogP contribution in [0.3, 0.4) is 0 Å². The SMILES string of the molecule is COc1ccc(S(=O)(=O)N2CCOCC2)cc1CCC(=O)Nc1ccccc1C(N)=O. The normalized spacial score (nSPS) is 14.7. The number of nitrogens with zero attached hydrogens (tertiary/aromatic N) is 1. The number of morpholine rings is 1. The van der Waals surface area contributed by atoms with Crippen molar-refractivity contribution in [2.24, 2.45) is 5.73 Å². The second-order valence-corrected chi connectivity index (χ2v) is 8.89. The molecule has 2 aromatic carbocycles. The van der Waals surface area contributed by atoms with E-state index in [1.165, 1.54) is 29.6 Å². The molecule has 2 aromatic rings. The first-order chi connectivity index (χ1) is 14.8. The third-order valence-corrected chi connectivity index (χ3v) is 6.84. The predicted molar refractivity (Wildman–Crippen MR) is 114 cm³/mol. The van der Waals surface area contributed by atoms with Gasteiger partial charge in [-0.3, -0.25) is 9.59 Å². The number of hydrogen-bond acceptors (Lipinski definition) is 6. The molecule has 10 heteroatoms. The summed E-state index contributed by atoms with van der Waals surface area (Å²) in [6.07, 6.45) is 0.310. The predicted octanol–water partition coefficient (Wildman–Crippen LogP) is 1.39. The fourth-order valence-corrected chi connectivity index (χ4v) is 4.77. The van der Waals surface area contributed by atoms with Gasteiger partial charge in [0.2, 0.25) is 15.9 Å². The Hall–Kier alpha value is -2.95. The average molecular weight is 448 g/mol.